The van der Waals surface area contributed by atoms with Crippen molar-refractivity contribution in [2.24, 2.45) is 0 Å². The molecule has 0 saturated carbocycles. The van der Waals surface area contributed by atoms with Crippen LogP contribution in [0.2, 0.25) is 0 Å². The minimum Gasteiger partial charge on any atom is -0.352 e. The Morgan fingerprint density at radius 1 is 1.11 bits per heavy atom. The number of carbonyl (C=O) groups is 2. The number of hydrogen-bond acceptors (Lipinski definition) is 4. The molecule has 0 aliphatic carbocycles. The molecule has 0 spiro atoms. The third-order valence-electron chi connectivity index (χ3n) is 3.90. The van der Waals surface area contributed by atoms with Crippen LogP contribution in [0.25, 0.3) is 10.6 Å². The lowest BCUT2D eigenvalue weighted by Crippen LogP contribution is -2.24. The quantitative estimate of drug-likeness (QED) is 0.682. The van der Waals surface area contributed by atoms with E-state index in [1.165, 1.54) is 23.8 Å². The summed E-state index contributed by atoms with van der Waals surface area (Å²) in [5.41, 5.74) is 4.64. The summed E-state index contributed by atoms with van der Waals surface area (Å²) in [6.45, 7) is 4.02. The minimum absolute atomic E-state index is 0.0552. The first-order chi connectivity index (χ1) is 13.0. The van der Waals surface area contributed by atoms with Crippen molar-refractivity contribution in [1.29, 1.82) is 0 Å². The van der Waals surface area contributed by atoms with E-state index in [4.69, 9.17) is 0 Å². The van der Waals surface area contributed by atoms with Crippen molar-refractivity contribution in [2.75, 3.05) is 5.32 Å². The maximum absolute atomic E-state index is 12.2. The Bertz CT molecular complexity index is 965. The van der Waals surface area contributed by atoms with Gasteiger partial charge in [-0.15, -0.1) is 11.3 Å². The van der Waals surface area contributed by atoms with Crippen LogP contribution in [-0.2, 0) is 22.6 Å². The average molecular weight is 379 g/mol. The van der Waals surface area contributed by atoms with Crippen molar-refractivity contribution in [1.82, 2.24) is 10.3 Å². The molecule has 138 valence electrons. The fraction of sp³-hybridized carbons (Fsp3) is 0.190. The summed E-state index contributed by atoms with van der Waals surface area (Å²) in [5.74, 6) is -0.169. The van der Waals surface area contributed by atoms with E-state index in [1.807, 2.05) is 54.8 Å². The van der Waals surface area contributed by atoms with Gasteiger partial charge >= 0.3 is 0 Å². The molecule has 0 saturated heterocycles. The van der Waals surface area contributed by atoms with E-state index in [0.717, 1.165) is 27.5 Å². The first kappa shape index (κ1) is 18.8. The highest BCUT2D eigenvalue weighted by atomic mass is 32.1. The third-order valence-corrected chi connectivity index (χ3v) is 4.84. The average Bonchev–Trinajstić information content (AvgIpc) is 3.08. The van der Waals surface area contributed by atoms with Gasteiger partial charge in [-0.2, -0.15) is 0 Å². The topological polar surface area (TPSA) is 71.1 Å². The number of nitrogens with one attached hydrogen (secondary N) is 2. The van der Waals surface area contributed by atoms with E-state index >= 15 is 0 Å². The maximum atomic E-state index is 12.2. The van der Waals surface area contributed by atoms with Crippen LogP contribution in [0.3, 0.4) is 0 Å². The molecule has 27 heavy (non-hydrogen) atoms. The first-order valence-corrected chi connectivity index (χ1v) is 9.52. The summed E-state index contributed by atoms with van der Waals surface area (Å²) in [4.78, 5) is 28.0. The number of aryl methyl sites for hydroxylation is 1. The normalized spacial score (nSPS) is 10.4. The van der Waals surface area contributed by atoms with Crippen LogP contribution in [-0.4, -0.2) is 16.8 Å². The van der Waals surface area contributed by atoms with Crippen molar-refractivity contribution in [3.63, 3.8) is 0 Å². The first-order valence-electron chi connectivity index (χ1n) is 8.64. The molecule has 1 aromatic heterocycles. The molecule has 2 N–H and O–H groups in total. The molecule has 0 radical (unpaired) electrons. The summed E-state index contributed by atoms with van der Waals surface area (Å²) in [5, 5.41) is 8.41. The Hall–Kier alpha value is -2.99. The fourth-order valence-corrected chi connectivity index (χ4v) is 3.52. The number of amides is 2. The molecule has 5 nitrogen and oxygen atoms in total. The van der Waals surface area contributed by atoms with E-state index in [9.17, 15) is 9.59 Å². The second-order valence-corrected chi connectivity index (χ2v) is 7.21. The number of nitrogens with zero attached hydrogens (tertiary/aromatic N) is 1. The monoisotopic (exact) mass is 379 g/mol. The zero-order valence-corrected chi connectivity index (χ0v) is 16.1. The number of carbonyl (C=O) groups excluding carboxylic acids is 2. The van der Waals surface area contributed by atoms with Gasteiger partial charge in [-0.25, -0.2) is 4.98 Å². The molecule has 3 aromatic rings. The number of anilines is 1. The minimum atomic E-state index is -0.114. The fourth-order valence-electron chi connectivity index (χ4n) is 2.70. The van der Waals surface area contributed by atoms with E-state index in [-0.39, 0.29) is 18.2 Å². The molecule has 2 aromatic carbocycles. The molecule has 0 aliphatic heterocycles. The van der Waals surface area contributed by atoms with Gasteiger partial charge in [0.1, 0.15) is 5.01 Å². The largest absolute Gasteiger partial charge is 0.352 e. The Labute approximate surface area is 162 Å². The number of thiazole rings is 1. The van der Waals surface area contributed by atoms with Crippen molar-refractivity contribution >= 4 is 28.8 Å². The van der Waals surface area contributed by atoms with Gasteiger partial charge in [0.05, 0.1) is 12.1 Å². The van der Waals surface area contributed by atoms with Gasteiger partial charge in [0.15, 0.2) is 0 Å². The van der Waals surface area contributed by atoms with E-state index in [0.29, 0.717) is 6.54 Å². The van der Waals surface area contributed by atoms with Gasteiger partial charge in [-0.05, 0) is 24.6 Å². The molecule has 1 heterocycles. The molecular weight excluding hydrogens is 358 g/mol. The number of rotatable bonds is 6. The second kappa shape index (κ2) is 8.60. The van der Waals surface area contributed by atoms with Crippen molar-refractivity contribution in [3.05, 3.63) is 70.7 Å². The molecule has 0 bridgehead atoms. The smallest absolute Gasteiger partial charge is 0.226 e. The SMILES string of the molecule is CC(=O)Nc1cccc(-c2nc(CC(=O)NCc3cccc(C)c3)cs2)c1. The summed E-state index contributed by atoms with van der Waals surface area (Å²) in [6, 6.07) is 15.6. The van der Waals surface area contributed by atoms with Crippen LogP contribution in [0.4, 0.5) is 5.69 Å². The summed E-state index contributed by atoms with van der Waals surface area (Å²) in [7, 11) is 0. The summed E-state index contributed by atoms with van der Waals surface area (Å²) >= 11 is 1.48. The van der Waals surface area contributed by atoms with E-state index < -0.39 is 0 Å². The zero-order valence-electron chi connectivity index (χ0n) is 15.3. The lowest BCUT2D eigenvalue weighted by molar-refractivity contribution is -0.120. The highest BCUT2D eigenvalue weighted by Crippen LogP contribution is 2.26. The number of benzene rings is 2. The van der Waals surface area contributed by atoms with Gasteiger partial charge in [0.25, 0.3) is 0 Å². The molecule has 2 amide bonds. The highest BCUT2D eigenvalue weighted by molar-refractivity contribution is 7.13. The standard InChI is InChI=1S/C21H21N3O2S/c1-14-5-3-6-16(9-14)12-22-20(26)11-19-13-27-21(24-19)17-7-4-8-18(10-17)23-15(2)25/h3-10,13H,11-12H2,1-2H3,(H,22,26)(H,23,25). The van der Waals surface area contributed by atoms with Crippen LogP contribution >= 0.6 is 11.3 Å². The molecule has 3 rings (SSSR count). The van der Waals surface area contributed by atoms with Gasteiger partial charge in [-0.3, -0.25) is 9.59 Å². The zero-order chi connectivity index (χ0) is 19.2. The molecule has 6 heteroatoms. The van der Waals surface area contributed by atoms with E-state index in [2.05, 4.69) is 21.7 Å². The number of aromatic nitrogens is 1. The maximum Gasteiger partial charge on any atom is 0.226 e. The van der Waals surface area contributed by atoms with Gasteiger partial charge in [-0.1, -0.05) is 42.0 Å². The van der Waals surface area contributed by atoms with Gasteiger partial charge in [0, 0.05) is 30.1 Å². The van der Waals surface area contributed by atoms with Gasteiger partial charge in [0.2, 0.25) is 11.8 Å². The van der Waals surface area contributed by atoms with E-state index in [1.54, 1.807) is 0 Å². The van der Waals surface area contributed by atoms with Crippen LogP contribution in [0.1, 0.15) is 23.7 Å². The molecule has 0 fully saturated rings. The highest BCUT2D eigenvalue weighted by Gasteiger charge is 2.10. The lowest BCUT2D eigenvalue weighted by atomic mass is 10.1. The second-order valence-electron chi connectivity index (χ2n) is 6.35. The molecule has 0 unspecified atom stereocenters. The van der Waals surface area contributed by atoms with Crippen LogP contribution in [0.15, 0.2) is 53.9 Å². The van der Waals surface area contributed by atoms with Crippen molar-refractivity contribution < 1.29 is 9.59 Å². The van der Waals surface area contributed by atoms with Crippen molar-refractivity contribution in [3.8, 4) is 10.6 Å². The Morgan fingerprint density at radius 2 is 1.93 bits per heavy atom. The Balaban J connectivity index is 1.60. The lowest BCUT2D eigenvalue weighted by Gasteiger charge is -2.05. The Kier molecular flexibility index (Phi) is 5.98. The molecule has 0 aliphatic rings. The van der Waals surface area contributed by atoms with Gasteiger partial charge < -0.3 is 10.6 Å². The van der Waals surface area contributed by atoms with Crippen LogP contribution < -0.4 is 10.6 Å². The summed E-state index contributed by atoms with van der Waals surface area (Å²) < 4.78 is 0. The predicted octanol–water partition coefficient (Wildman–Crippen LogP) is 3.94. The van der Waals surface area contributed by atoms with Crippen LogP contribution in [0, 0.1) is 6.92 Å². The predicted molar refractivity (Wildman–Crippen MR) is 109 cm³/mol. The molecular formula is C21H21N3O2S. The summed E-state index contributed by atoms with van der Waals surface area (Å²) in [6.07, 6.45) is 0.244. The number of hydrogen-bond donors (Lipinski definition) is 2. The van der Waals surface area contributed by atoms with Crippen LogP contribution in [0.5, 0.6) is 0 Å². The molecule has 0 atom stereocenters. The Morgan fingerprint density at radius 3 is 2.70 bits per heavy atom. The third kappa shape index (κ3) is 5.49. The van der Waals surface area contributed by atoms with Crippen molar-refractivity contribution in [2.45, 2.75) is 26.8 Å².